The third kappa shape index (κ3) is 4.54. The van der Waals surface area contributed by atoms with Crippen LogP contribution >= 0.6 is 0 Å². The zero-order valence-electron chi connectivity index (χ0n) is 14.8. The number of rotatable bonds is 5. The first-order chi connectivity index (χ1) is 12.6. The lowest BCUT2D eigenvalue weighted by atomic mass is 10.2. The molecule has 132 valence electrons. The molecule has 0 aliphatic carbocycles. The van der Waals surface area contributed by atoms with Crippen LogP contribution in [0, 0.1) is 0 Å². The Morgan fingerprint density at radius 2 is 1.46 bits per heavy atom. The van der Waals surface area contributed by atoms with E-state index in [9.17, 15) is 4.79 Å². The van der Waals surface area contributed by atoms with Gasteiger partial charge in [-0.25, -0.2) is 4.79 Å². The standard InChI is InChI=1S/C21H21N3O2/c1-24(2)17-14-12-16(13-15-17)22-21(25)23-19-10-6-7-11-20(19)26-18-8-4-3-5-9-18/h3-15H,1-2H3,(H2,22,23,25). The molecule has 0 aliphatic rings. The molecule has 0 heterocycles. The van der Waals surface area contributed by atoms with Crippen LogP contribution in [-0.2, 0) is 0 Å². The van der Waals surface area contributed by atoms with Crippen LogP contribution in [0.1, 0.15) is 0 Å². The summed E-state index contributed by atoms with van der Waals surface area (Å²) in [5, 5.41) is 5.65. The van der Waals surface area contributed by atoms with Gasteiger partial charge in [0.1, 0.15) is 5.75 Å². The molecule has 0 aromatic heterocycles. The molecule has 0 saturated carbocycles. The molecule has 3 aromatic rings. The Balaban J connectivity index is 1.67. The number of carbonyl (C=O) groups excluding carboxylic acids is 1. The average Bonchev–Trinajstić information content (AvgIpc) is 2.64. The maximum absolute atomic E-state index is 12.3. The molecule has 5 nitrogen and oxygen atoms in total. The first kappa shape index (κ1) is 17.4. The number of nitrogens with one attached hydrogen (secondary N) is 2. The second-order valence-electron chi connectivity index (χ2n) is 5.93. The monoisotopic (exact) mass is 347 g/mol. The molecule has 0 radical (unpaired) electrons. The molecule has 0 fully saturated rings. The second-order valence-corrected chi connectivity index (χ2v) is 5.93. The normalized spacial score (nSPS) is 10.1. The Hall–Kier alpha value is -3.47. The molecule has 5 heteroatoms. The van der Waals surface area contributed by atoms with Crippen LogP contribution in [0.4, 0.5) is 21.9 Å². The van der Waals surface area contributed by atoms with Crippen LogP contribution in [0.3, 0.4) is 0 Å². The van der Waals surface area contributed by atoms with Crippen molar-refractivity contribution in [3.8, 4) is 11.5 Å². The van der Waals surface area contributed by atoms with Gasteiger partial charge in [-0.15, -0.1) is 0 Å². The number of ether oxygens (including phenoxy) is 1. The van der Waals surface area contributed by atoms with Crippen molar-refractivity contribution in [1.29, 1.82) is 0 Å². The highest BCUT2D eigenvalue weighted by Gasteiger charge is 2.09. The number of urea groups is 1. The number of hydrogen-bond donors (Lipinski definition) is 2. The van der Waals surface area contributed by atoms with Gasteiger partial charge in [0.2, 0.25) is 0 Å². The van der Waals surface area contributed by atoms with Crippen LogP contribution < -0.4 is 20.3 Å². The predicted molar refractivity (Wildman–Crippen MR) is 106 cm³/mol. The smallest absolute Gasteiger partial charge is 0.323 e. The third-order valence-electron chi connectivity index (χ3n) is 3.75. The summed E-state index contributed by atoms with van der Waals surface area (Å²) in [6.07, 6.45) is 0. The maximum atomic E-state index is 12.3. The van der Waals surface area contributed by atoms with Crippen molar-refractivity contribution < 1.29 is 9.53 Å². The van der Waals surface area contributed by atoms with Gasteiger partial charge in [-0.3, -0.25) is 0 Å². The van der Waals surface area contributed by atoms with Gasteiger partial charge in [0.05, 0.1) is 5.69 Å². The minimum absolute atomic E-state index is 0.327. The van der Waals surface area contributed by atoms with E-state index in [0.717, 1.165) is 11.4 Å². The molecule has 0 saturated heterocycles. The van der Waals surface area contributed by atoms with Crippen LogP contribution in [-0.4, -0.2) is 20.1 Å². The highest BCUT2D eigenvalue weighted by Crippen LogP contribution is 2.29. The molecule has 0 aliphatic heterocycles. The van der Waals surface area contributed by atoms with Crippen molar-refractivity contribution in [3.63, 3.8) is 0 Å². The van der Waals surface area contributed by atoms with Gasteiger partial charge in [0, 0.05) is 25.5 Å². The molecule has 0 spiro atoms. The Kier molecular flexibility index (Phi) is 5.39. The van der Waals surface area contributed by atoms with E-state index in [2.05, 4.69) is 10.6 Å². The molecule has 3 aromatic carbocycles. The fourth-order valence-electron chi connectivity index (χ4n) is 2.40. The summed E-state index contributed by atoms with van der Waals surface area (Å²) in [6.45, 7) is 0. The number of amides is 2. The minimum Gasteiger partial charge on any atom is -0.455 e. The summed E-state index contributed by atoms with van der Waals surface area (Å²) in [4.78, 5) is 14.3. The first-order valence-electron chi connectivity index (χ1n) is 8.29. The quantitative estimate of drug-likeness (QED) is 0.668. The van der Waals surface area contributed by atoms with Crippen molar-refractivity contribution >= 4 is 23.1 Å². The fraction of sp³-hybridized carbons (Fsp3) is 0.0952. The van der Waals surface area contributed by atoms with E-state index >= 15 is 0 Å². The third-order valence-corrected chi connectivity index (χ3v) is 3.75. The number of para-hydroxylation sites is 3. The summed E-state index contributed by atoms with van der Waals surface area (Å²) < 4.78 is 5.85. The van der Waals surface area contributed by atoms with E-state index in [1.54, 1.807) is 6.07 Å². The van der Waals surface area contributed by atoms with Crippen LogP contribution in [0.25, 0.3) is 0 Å². The zero-order chi connectivity index (χ0) is 18.4. The van der Waals surface area contributed by atoms with Gasteiger partial charge in [0.25, 0.3) is 0 Å². The molecule has 2 amide bonds. The van der Waals surface area contributed by atoms with Gasteiger partial charge in [-0.2, -0.15) is 0 Å². The first-order valence-corrected chi connectivity index (χ1v) is 8.29. The van der Waals surface area contributed by atoms with Crippen molar-refractivity contribution in [2.45, 2.75) is 0 Å². The molecule has 0 atom stereocenters. The number of anilines is 3. The molecule has 3 rings (SSSR count). The van der Waals surface area contributed by atoms with Gasteiger partial charge >= 0.3 is 6.03 Å². The van der Waals surface area contributed by atoms with Crippen molar-refractivity contribution in [1.82, 2.24) is 0 Å². The summed E-state index contributed by atoms with van der Waals surface area (Å²) in [6, 6.07) is 24.1. The van der Waals surface area contributed by atoms with E-state index in [1.807, 2.05) is 91.8 Å². The lowest BCUT2D eigenvalue weighted by Crippen LogP contribution is -2.19. The highest BCUT2D eigenvalue weighted by atomic mass is 16.5. The Bertz CT molecular complexity index is 862. The molecular formula is C21H21N3O2. The lowest BCUT2D eigenvalue weighted by molar-refractivity contribution is 0.262. The van der Waals surface area contributed by atoms with Crippen molar-refractivity contribution in [2.24, 2.45) is 0 Å². The van der Waals surface area contributed by atoms with Crippen molar-refractivity contribution in [3.05, 3.63) is 78.9 Å². The minimum atomic E-state index is -0.327. The van der Waals surface area contributed by atoms with E-state index < -0.39 is 0 Å². The van der Waals surface area contributed by atoms with Gasteiger partial charge in [-0.1, -0.05) is 30.3 Å². The zero-order valence-corrected chi connectivity index (χ0v) is 14.8. The maximum Gasteiger partial charge on any atom is 0.323 e. The molecule has 26 heavy (non-hydrogen) atoms. The second kappa shape index (κ2) is 8.07. The average molecular weight is 347 g/mol. The number of hydrogen-bond acceptors (Lipinski definition) is 3. The lowest BCUT2D eigenvalue weighted by Gasteiger charge is -2.14. The molecule has 0 bridgehead atoms. The number of nitrogens with zero attached hydrogens (tertiary/aromatic N) is 1. The Morgan fingerprint density at radius 3 is 2.15 bits per heavy atom. The largest absolute Gasteiger partial charge is 0.455 e. The van der Waals surface area contributed by atoms with Crippen LogP contribution in [0.5, 0.6) is 11.5 Å². The van der Waals surface area contributed by atoms with E-state index in [1.165, 1.54) is 0 Å². The summed E-state index contributed by atoms with van der Waals surface area (Å²) in [7, 11) is 3.94. The fourth-order valence-corrected chi connectivity index (χ4v) is 2.40. The number of carbonyl (C=O) groups is 1. The van der Waals surface area contributed by atoms with E-state index in [-0.39, 0.29) is 6.03 Å². The molecule has 0 unspecified atom stereocenters. The van der Waals surface area contributed by atoms with E-state index in [0.29, 0.717) is 17.2 Å². The number of benzene rings is 3. The van der Waals surface area contributed by atoms with E-state index in [4.69, 9.17) is 4.74 Å². The van der Waals surface area contributed by atoms with Gasteiger partial charge in [-0.05, 0) is 48.5 Å². The van der Waals surface area contributed by atoms with Gasteiger partial charge in [0.15, 0.2) is 5.75 Å². The topological polar surface area (TPSA) is 53.6 Å². The van der Waals surface area contributed by atoms with Gasteiger partial charge < -0.3 is 20.3 Å². The Morgan fingerprint density at radius 1 is 0.808 bits per heavy atom. The summed E-state index contributed by atoms with van der Waals surface area (Å²) in [5.41, 5.74) is 2.38. The van der Waals surface area contributed by atoms with Crippen LogP contribution in [0.15, 0.2) is 78.9 Å². The SMILES string of the molecule is CN(C)c1ccc(NC(=O)Nc2ccccc2Oc2ccccc2)cc1. The summed E-state index contributed by atoms with van der Waals surface area (Å²) in [5.74, 6) is 1.29. The highest BCUT2D eigenvalue weighted by molar-refractivity contribution is 6.00. The summed E-state index contributed by atoms with van der Waals surface area (Å²) >= 11 is 0. The molecule has 2 N–H and O–H groups in total. The predicted octanol–water partition coefficient (Wildman–Crippen LogP) is 5.19. The van der Waals surface area contributed by atoms with Crippen molar-refractivity contribution in [2.75, 3.05) is 29.6 Å². The van der Waals surface area contributed by atoms with Crippen LogP contribution in [0.2, 0.25) is 0 Å². The Labute approximate surface area is 153 Å². The molecular weight excluding hydrogens is 326 g/mol.